The molecule has 1 rings (SSSR count). The van der Waals surface area contributed by atoms with Crippen LogP contribution >= 0.6 is 0 Å². The van der Waals surface area contributed by atoms with Crippen molar-refractivity contribution in [3.8, 4) is 0 Å². The number of aromatic carboxylic acids is 1. The Hall–Kier alpha value is -1.33. The van der Waals surface area contributed by atoms with Crippen molar-refractivity contribution in [1.29, 1.82) is 0 Å². The summed E-state index contributed by atoms with van der Waals surface area (Å²) in [4.78, 5) is 10.9. The molecule has 0 radical (unpaired) electrons. The summed E-state index contributed by atoms with van der Waals surface area (Å²) in [6.07, 6.45) is 1.59. The first-order chi connectivity index (χ1) is 8.48. The molecule has 0 aromatic carbocycles. The Morgan fingerprint density at radius 3 is 2.44 bits per heavy atom. The number of rotatable bonds is 7. The van der Waals surface area contributed by atoms with Gasteiger partial charge in [0.25, 0.3) is 0 Å². The van der Waals surface area contributed by atoms with Gasteiger partial charge in [0.1, 0.15) is 5.76 Å². The molecule has 0 saturated heterocycles. The Balaban J connectivity index is 2.74. The number of hydrogen-bond donors (Lipinski definition) is 3. The normalized spacial score (nSPS) is 11.8. The van der Waals surface area contributed by atoms with Crippen molar-refractivity contribution in [2.24, 2.45) is 0 Å². The van der Waals surface area contributed by atoms with E-state index in [2.05, 4.69) is 5.32 Å². The molecule has 0 atom stereocenters. The van der Waals surface area contributed by atoms with Gasteiger partial charge in [0.2, 0.25) is 5.76 Å². The van der Waals surface area contributed by atoms with E-state index in [0.717, 1.165) is 12.8 Å². The van der Waals surface area contributed by atoms with Crippen LogP contribution < -0.4 is 5.32 Å². The van der Waals surface area contributed by atoms with Crippen molar-refractivity contribution in [2.75, 3.05) is 6.61 Å². The van der Waals surface area contributed by atoms with E-state index < -0.39 is 5.97 Å². The average molecular weight is 255 g/mol. The smallest absolute Gasteiger partial charge is 0.372 e. The summed E-state index contributed by atoms with van der Waals surface area (Å²) >= 11 is 0. The summed E-state index contributed by atoms with van der Waals surface area (Å²) in [5.74, 6) is -0.503. The fourth-order valence-corrected chi connectivity index (χ4v) is 1.90. The maximum Gasteiger partial charge on any atom is 0.372 e. The highest BCUT2D eigenvalue weighted by atomic mass is 16.4. The minimum absolute atomic E-state index is 0.0191. The molecule has 18 heavy (non-hydrogen) atoms. The number of hydrogen-bond acceptors (Lipinski definition) is 4. The fraction of sp³-hybridized carbons (Fsp3) is 0.615. The van der Waals surface area contributed by atoms with Crippen LogP contribution in [0.4, 0.5) is 0 Å². The topological polar surface area (TPSA) is 82.7 Å². The van der Waals surface area contributed by atoms with Crippen LogP contribution in [-0.4, -0.2) is 28.3 Å². The number of aryl methyl sites for hydroxylation is 1. The van der Waals surface area contributed by atoms with Gasteiger partial charge in [-0.05, 0) is 25.8 Å². The largest absolute Gasteiger partial charge is 0.475 e. The molecule has 0 spiro atoms. The lowest BCUT2D eigenvalue weighted by molar-refractivity contribution is 0.0658. The van der Waals surface area contributed by atoms with Crippen molar-refractivity contribution in [1.82, 2.24) is 5.32 Å². The van der Waals surface area contributed by atoms with Crippen LogP contribution in [-0.2, 0) is 6.54 Å². The molecule has 5 nitrogen and oxygen atoms in total. The SMILES string of the molecule is CCC(CC)(CO)NCc1cc(C)c(C(=O)O)o1. The highest BCUT2D eigenvalue weighted by Gasteiger charge is 2.25. The van der Waals surface area contributed by atoms with Crippen LogP contribution in [0.1, 0.15) is 48.6 Å². The van der Waals surface area contributed by atoms with Gasteiger partial charge >= 0.3 is 5.97 Å². The third-order valence-corrected chi connectivity index (χ3v) is 3.46. The van der Waals surface area contributed by atoms with Crippen molar-refractivity contribution in [2.45, 2.75) is 45.7 Å². The van der Waals surface area contributed by atoms with Gasteiger partial charge < -0.3 is 19.9 Å². The number of aliphatic hydroxyl groups is 1. The lowest BCUT2D eigenvalue weighted by Crippen LogP contribution is -2.46. The maximum absolute atomic E-state index is 10.9. The van der Waals surface area contributed by atoms with Gasteiger partial charge in [-0.2, -0.15) is 0 Å². The minimum Gasteiger partial charge on any atom is -0.475 e. The summed E-state index contributed by atoms with van der Waals surface area (Å²) in [5, 5.41) is 21.5. The van der Waals surface area contributed by atoms with E-state index in [0.29, 0.717) is 17.9 Å². The highest BCUT2D eigenvalue weighted by Crippen LogP contribution is 2.18. The van der Waals surface area contributed by atoms with Gasteiger partial charge in [0.05, 0.1) is 13.2 Å². The van der Waals surface area contributed by atoms with E-state index in [-0.39, 0.29) is 17.9 Å². The fourth-order valence-electron chi connectivity index (χ4n) is 1.90. The molecule has 1 aromatic rings. The van der Waals surface area contributed by atoms with E-state index in [9.17, 15) is 9.90 Å². The number of carboxylic acids is 1. The van der Waals surface area contributed by atoms with Crippen molar-refractivity contribution < 1.29 is 19.4 Å². The molecule has 0 aliphatic carbocycles. The lowest BCUT2D eigenvalue weighted by Gasteiger charge is -2.30. The molecule has 102 valence electrons. The van der Waals surface area contributed by atoms with Crippen molar-refractivity contribution >= 4 is 5.97 Å². The van der Waals surface area contributed by atoms with Gasteiger partial charge in [-0.15, -0.1) is 0 Å². The molecule has 5 heteroatoms. The lowest BCUT2D eigenvalue weighted by atomic mass is 9.94. The molecule has 0 bridgehead atoms. The summed E-state index contributed by atoms with van der Waals surface area (Å²) in [5.41, 5.74) is 0.284. The van der Waals surface area contributed by atoms with Crippen LogP contribution in [0.3, 0.4) is 0 Å². The molecule has 0 aliphatic rings. The monoisotopic (exact) mass is 255 g/mol. The van der Waals surface area contributed by atoms with Crippen LogP contribution in [0.15, 0.2) is 10.5 Å². The second kappa shape index (κ2) is 6.02. The molecular formula is C13H21NO4. The number of furan rings is 1. The quantitative estimate of drug-likeness (QED) is 0.693. The summed E-state index contributed by atoms with van der Waals surface area (Å²) < 4.78 is 5.26. The summed E-state index contributed by atoms with van der Waals surface area (Å²) in [7, 11) is 0. The number of carboxylic acid groups (broad SMARTS) is 1. The molecule has 0 saturated carbocycles. The van der Waals surface area contributed by atoms with E-state index in [1.54, 1.807) is 13.0 Å². The minimum atomic E-state index is -1.06. The number of nitrogens with one attached hydrogen (secondary N) is 1. The highest BCUT2D eigenvalue weighted by molar-refractivity contribution is 5.86. The molecular weight excluding hydrogens is 234 g/mol. The second-order valence-corrected chi connectivity index (χ2v) is 4.53. The van der Waals surface area contributed by atoms with Crippen LogP contribution in [0.5, 0.6) is 0 Å². The molecule has 0 unspecified atom stereocenters. The molecule has 0 fully saturated rings. The van der Waals surface area contributed by atoms with Gasteiger partial charge in [-0.3, -0.25) is 0 Å². The zero-order valence-corrected chi connectivity index (χ0v) is 11.1. The third-order valence-electron chi connectivity index (χ3n) is 3.46. The van der Waals surface area contributed by atoms with Crippen LogP contribution in [0, 0.1) is 6.92 Å². The first kappa shape index (κ1) is 14.7. The van der Waals surface area contributed by atoms with Crippen molar-refractivity contribution in [3.05, 3.63) is 23.2 Å². The van der Waals surface area contributed by atoms with Gasteiger partial charge in [0.15, 0.2) is 0 Å². The predicted molar refractivity (Wildman–Crippen MR) is 67.6 cm³/mol. The molecule has 1 aromatic heterocycles. The Kier molecular flexibility index (Phi) is 4.93. The van der Waals surface area contributed by atoms with Crippen LogP contribution in [0.25, 0.3) is 0 Å². The molecule has 0 amide bonds. The standard InChI is InChI=1S/C13H21NO4/c1-4-13(5-2,8-15)14-7-10-6-9(3)11(18-10)12(16)17/h6,14-15H,4-5,7-8H2,1-3H3,(H,16,17). The summed E-state index contributed by atoms with van der Waals surface area (Å²) in [6, 6.07) is 1.71. The molecule has 3 N–H and O–H groups in total. The first-order valence-electron chi connectivity index (χ1n) is 6.16. The van der Waals surface area contributed by atoms with Gasteiger partial charge in [-0.1, -0.05) is 13.8 Å². The van der Waals surface area contributed by atoms with Crippen LogP contribution in [0.2, 0.25) is 0 Å². The number of carbonyl (C=O) groups is 1. The Labute approximate surface area is 107 Å². The maximum atomic E-state index is 10.9. The Bertz CT molecular complexity index is 399. The second-order valence-electron chi connectivity index (χ2n) is 4.53. The van der Waals surface area contributed by atoms with Crippen molar-refractivity contribution in [3.63, 3.8) is 0 Å². The average Bonchev–Trinajstić information content (AvgIpc) is 2.73. The third kappa shape index (κ3) is 3.11. The van der Waals surface area contributed by atoms with E-state index in [4.69, 9.17) is 9.52 Å². The molecule has 0 aliphatic heterocycles. The zero-order chi connectivity index (χ0) is 13.8. The van der Waals surface area contributed by atoms with E-state index in [1.807, 2.05) is 13.8 Å². The zero-order valence-electron chi connectivity index (χ0n) is 11.1. The Morgan fingerprint density at radius 2 is 2.06 bits per heavy atom. The van der Waals surface area contributed by atoms with E-state index in [1.165, 1.54) is 0 Å². The van der Waals surface area contributed by atoms with Gasteiger partial charge in [-0.25, -0.2) is 4.79 Å². The Morgan fingerprint density at radius 1 is 1.44 bits per heavy atom. The predicted octanol–water partition coefficient (Wildman–Crippen LogP) is 1.93. The van der Waals surface area contributed by atoms with E-state index >= 15 is 0 Å². The molecule has 1 heterocycles. The first-order valence-corrected chi connectivity index (χ1v) is 6.16. The van der Waals surface area contributed by atoms with Gasteiger partial charge in [0, 0.05) is 11.1 Å². The summed E-state index contributed by atoms with van der Waals surface area (Å²) in [6.45, 7) is 6.17. The number of aliphatic hydroxyl groups excluding tert-OH is 1.